The van der Waals surface area contributed by atoms with Crippen molar-refractivity contribution in [2.75, 3.05) is 0 Å². The summed E-state index contributed by atoms with van der Waals surface area (Å²) in [6, 6.07) is 13.4. The smallest absolute Gasteiger partial charge is 0.127 e. The Hall–Kier alpha value is -1.92. The molecule has 4 N–H and O–H groups in total. The fourth-order valence-corrected chi connectivity index (χ4v) is 11.4. The van der Waals surface area contributed by atoms with E-state index in [1.165, 1.54) is 22.3 Å². The molecule has 5 nitrogen and oxygen atoms in total. The van der Waals surface area contributed by atoms with Crippen LogP contribution in [-0.2, 0) is 12.8 Å². The van der Waals surface area contributed by atoms with Crippen LogP contribution in [0.3, 0.4) is 0 Å². The first-order chi connectivity index (χ1) is 19.7. The number of hydrogen-bond donors (Lipinski definition) is 4. The molecule has 6 unspecified atom stereocenters. The van der Waals surface area contributed by atoms with Crippen molar-refractivity contribution in [2.45, 2.75) is 114 Å². The van der Waals surface area contributed by atoms with Gasteiger partial charge in [0.25, 0.3) is 0 Å². The maximum Gasteiger partial charge on any atom is 0.127 e. The molecule has 220 valence electrons. The van der Waals surface area contributed by atoms with Gasteiger partial charge in [0, 0.05) is 0 Å². The largest absolute Gasteiger partial charge is 0.457 e. The summed E-state index contributed by atoms with van der Waals surface area (Å²) in [5.74, 6) is 4.71. The fourth-order valence-electron chi connectivity index (χ4n) is 11.4. The third-order valence-electron chi connectivity index (χ3n) is 13.6. The third kappa shape index (κ3) is 3.81. The Morgan fingerprint density at radius 2 is 1.07 bits per heavy atom. The molecule has 0 amide bonds. The van der Waals surface area contributed by atoms with E-state index in [-0.39, 0.29) is 10.8 Å². The van der Waals surface area contributed by atoms with E-state index < -0.39 is 24.4 Å². The lowest BCUT2D eigenvalue weighted by atomic mass is 9.55. The van der Waals surface area contributed by atoms with Crippen LogP contribution in [0, 0.1) is 34.5 Å². The normalized spacial score (nSPS) is 46.0. The first-order valence-electron chi connectivity index (χ1n) is 16.3. The monoisotopic (exact) mass is 558 g/mol. The van der Waals surface area contributed by atoms with Gasteiger partial charge in [0.2, 0.25) is 0 Å². The van der Waals surface area contributed by atoms with Gasteiger partial charge in [-0.15, -0.1) is 0 Å². The van der Waals surface area contributed by atoms with E-state index >= 15 is 0 Å². The van der Waals surface area contributed by atoms with Crippen LogP contribution in [-0.4, -0.2) is 44.8 Å². The Bertz CT molecular complexity index is 1250. The molecule has 4 saturated carbocycles. The van der Waals surface area contributed by atoms with Gasteiger partial charge in [0.15, 0.2) is 0 Å². The molecule has 12 atom stereocenters. The quantitative estimate of drug-likeness (QED) is 0.371. The van der Waals surface area contributed by atoms with Crippen molar-refractivity contribution >= 4 is 0 Å². The highest BCUT2D eigenvalue weighted by Crippen LogP contribution is 2.62. The summed E-state index contributed by atoms with van der Waals surface area (Å²) < 4.78 is 6.48. The van der Waals surface area contributed by atoms with Crippen molar-refractivity contribution in [3.63, 3.8) is 0 Å². The highest BCUT2D eigenvalue weighted by molar-refractivity contribution is 5.45. The molecule has 0 bridgehead atoms. The summed E-state index contributed by atoms with van der Waals surface area (Å²) in [6.45, 7) is 4.41. The minimum Gasteiger partial charge on any atom is -0.457 e. The van der Waals surface area contributed by atoms with E-state index in [9.17, 15) is 20.4 Å². The lowest BCUT2D eigenvalue weighted by Crippen LogP contribution is -2.44. The minimum absolute atomic E-state index is 0.148. The van der Waals surface area contributed by atoms with Gasteiger partial charge in [-0.1, -0.05) is 26.0 Å². The van der Waals surface area contributed by atoms with Gasteiger partial charge in [0.05, 0.1) is 24.4 Å². The molecule has 2 aromatic carbocycles. The van der Waals surface area contributed by atoms with Crippen LogP contribution in [0.4, 0.5) is 0 Å². The number of aryl methyl sites for hydroxylation is 2. The van der Waals surface area contributed by atoms with E-state index in [1.807, 2.05) is 0 Å². The molecule has 0 heterocycles. The summed E-state index contributed by atoms with van der Waals surface area (Å²) in [6.07, 6.45) is 7.57. The number of ether oxygens (including phenoxy) is 1. The van der Waals surface area contributed by atoms with E-state index in [1.54, 1.807) is 0 Å². The van der Waals surface area contributed by atoms with Crippen molar-refractivity contribution < 1.29 is 25.2 Å². The van der Waals surface area contributed by atoms with Gasteiger partial charge < -0.3 is 25.2 Å². The van der Waals surface area contributed by atoms with E-state index in [4.69, 9.17) is 4.74 Å². The average molecular weight is 559 g/mol. The number of hydrogen-bond acceptors (Lipinski definition) is 5. The second-order valence-corrected chi connectivity index (χ2v) is 15.2. The maximum absolute atomic E-state index is 10.7. The number of aliphatic hydroxyl groups excluding tert-OH is 4. The van der Waals surface area contributed by atoms with Crippen LogP contribution >= 0.6 is 0 Å². The molecule has 0 saturated heterocycles. The highest BCUT2D eigenvalue weighted by Gasteiger charge is 2.59. The Morgan fingerprint density at radius 3 is 1.51 bits per heavy atom. The van der Waals surface area contributed by atoms with Crippen LogP contribution in [0.25, 0.3) is 0 Å². The Labute approximate surface area is 244 Å². The number of aliphatic hydroxyl groups is 4. The van der Waals surface area contributed by atoms with Crippen molar-refractivity contribution in [3.05, 3.63) is 58.7 Å². The Kier molecular flexibility index (Phi) is 6.05. The average Bonchev–Trinajstić information content (AvgIpc) is 3.35. The van der Waals surface area contributed by atoms with Crippen LogP contribution in [0.1, 0.15) is 99.3 Å². The zero-order valence-electron chi connectivity index (χ0n) is 24.5. The van der Waals surface area contributed by atoms with Gasteiger partial charge in [-0.3, -0.25) is 0 Å². The molecule has 5 heteroatoms. The molecule has 8 rings (SSSR count). The number of fused-ring (bicyclic) bond motifs is 10. The molecule has 0 radical (unpaired) electrons. The van der Waals surface area contributed by atoms with Gasteiger partial charge in [0.1, 0.15) is 11.5 Å². The molecule has 41 heavy (non-hydrogen) atoms. The van der Waals surface area contributed by atoms with E-state index in [2.05, 4.69) is 50.2 Å². The van der Waals surface area contributed by atoms with Crippen molar-refractivity contribution in [1.29, 1.82) is 0 Å². The van der Waals surface area contributed by atoms with E-state index in [0.717, 1.165) is 75.7 Å². The summed E-state index contributed by atoms with van der Waals surface area (Å²) in [4.78, 5) is 0. The molecule has 0 aromatic heterocycles. The molecular weight excluding hydrogens is 512 g/mol. The zero-order chi connectivity index (χ0) is 28.3. The second-order valence-electron chi connectivity index (χ2n) is 15.2. The molecule has 6 aliphatic rings. The predicted molar refractivity (Wildman–Crippen MR) is 157 cm³/mol. The van der Waals surface area contributed by atoms with Crippen LogP contribution < -0.4 is 4.74 Å². The summed E-state index contributed by atoms with van der Waals surface area (Å²) in [7, 11) is 0. The fraction of sp³-hybridized carbons (Fsp3) is 0.667. The van der Waals surface area contributed by atoms with Gasteiger partial charge in [-0.05, 0) is 157 Å². The molecule has 2 aromatic rings. The predicted octanol–water partition coefficient (Wildman–Crippen LogP) is 5.85. The lowest BCUT2D eigenvalue weighted by Gasteiger charge is -2.50. The third-order valence-corrected chi connectivity index (χ3v) is 13.6. The molecular formula is C36H46O5. The molecule has 4 fully saturated rings. The molecule has 0 aliphatic heterocycles. The summed E-state index contributed by atoms with van der Waals surface area (Å²) in [5.41, 5.74) is 5.41. The van der Waals surface area contributed by atoms with Crippen LogP contribution in [0.5, 0.6) is 11.5 Å². The Balaban J connectivity index is 0.997. The van der Waals surface area contributed by atoms with E-state index in [0.29, 0.717) is 35.5 Å². The molecule has 0 spiro atoms. The van der Waals surface area contributed by atoms with Crippen molar-refractivity contribution in [3.8, 4) is 11.5 Å². The maximum atomic E-state index is 10.7. The van der Waals surface area contributed by atoms with Crippen molar-refractivity contribution in [2.24, 2.45) is 34.5 Å². The standard InChI is InChI=1S/C36H46O5/c1-35-13-11-25-23-9-5-21(15-19(23)3-7-27(25)29(35)17-31(37)33(35)39)41-22-6-10-24-20(16-22)4-8-28-26(24)12-14-36(2)30(28)18-32(38)34(36)40/h5-6,9-10,15-16,25-34,37-40H,3-4,7-8,11-14,17-18H2,1-2H3/t25?,26?,27?,28?,29?,30?,31-,32-,33+,34+,35+,36+/m1/s1. The first kappa shape index (κ1) is 26.7. The van der Waals surface area contributed by atoms with Gasteiger partial charge >= 0.3 is 0 Å². The van der Waals surface area contributed by atoms with Gasteiger partial charge in [-0.25, -0.2) is 0 Å². The molecule has 6 aliphatic carbocycles. The zero-order valence-corrected chi connectivity index (χ0v) is 24.5. The van der Waals surface area contributed by atoms with Crippen molar-refractivity contribution in [1.82, 2.24) is 0 Å². The second kappa shape index (κ2) is 9.29. The van der Waals surface area contributed by atoms with Crippen LogP contribution in [0.15, 0.2) is 36.4 Å². The first-order valence-corrected chi connectivity index (χ1v) is 16.3. The number of rotatable bonds is 2. The number of benzene rings is 2. The van der Waals surface area contributed by atoms with Gasteiger partial charge in [-0.2, -0.15) is 0 Å². The lowest BCUT2D eigenvalue weighted by molar-refractivity contribution is -0.0505. The SMILES string of the molecule is C[C@]12CCC3c4ccc(Oc5ccc6c(c5)CCC5C6CC[C@@]6(C)C5C[C@@H](O)[C@@H]6O)cc4CCC3C1C[C@@H](O)[C@@H]2O. The topological polar surface area (TPSA) is 90.2 Å². The summed E-state index contributed by atoms with van der Waals surface area (Å²) >= 11 is 0. The Morgan fingerprint density at radius 1 is 0.634 bits per heavy atom. The summed E-state index contributed by atoms with van der Waals surface area (Å²) in [5, 5.41) is 42.4. The highest BCUT2D eigenvalue weighted by atomic mass is 16.5. The minimum atomic E-state index is -0.588. The van der Waals surface area contributed by atoms with Crippen LogP contribution in [0.2, 0.25) is 0 Å².